The van der Waals surface area contributed by atoms with Crippen molar-refractivity contribution in [2.24, 2.45) is 0 Å². The van der Waals surface area contributed by atoms with E-state index in [0.717, 1.165) is 28.3 Å². The van der Waals surface area contributed by atoms with E-state index >= 15 is 0 Å². The van der Waals surface area contributed by atoms with Gasteiger partial charge >= 0.3 is 6.09 Å². The van der Waals surface area contributed by atoms with Gasteiger partial charge < -0.3 is 14.4 Å². The lowest BCUT2D eigenvalue weighted by molar-refractivity contribution is 0.00776. The van der Waals surface area contributed by atoms with Crippen molar-refractivity contribution in [3.8, 4) is 22.4 Å². The number of piperidine rings is 1. The average Bonchev–Trinajstić information content (AvgIpc) is 3.07. The summed E-state index contributed by atoms with van der Waals surface area (Å²) in [5.41, 5.74) is 0.874. The van der Waals surface area contributed by atoms with Crippen molar-refractivity contribution in [1.82, 2.24) is 9.88 Å². The highest BCUT2D eigenvalue weighted by Gasteiger charge is 2.28. The van der Waals surface area contributed by atoms with Gasteiger partial charge in [0.1, 0.15) is 22.5 Å². The molecule has 1 saturated heterocycles. The van der Waals surface area contributed by atoms with E-state index < -0.39 is 5.60 Å². The van der Waals surface area contributed by atoms with E-state index in [1.54, 1.807) is 22.3 Å². The highest BCUT2D eigenvalue weighted by atomic mass is 32.1. The molecule has 0 spiro atoms. The fourth-order valence-electron chi connectivity index (χ4n) is 3.06. The Morgan fingerprint density at radius 3 is 2.79 bits per heavy atom. The molecule has 0 bridgehead atoms. The van der Waals surface area contributed by atoms with Crippen molar-refractivity contribution in [2.75, 3.05) is 13.1 Å². The van der Waals surface area contributed by atoms with Gasteiger partial charge in [0.05, 0.1) is 18.2 Å². The SMILES string of the molecule is Cc1cnc(-c2cc(C#N)cc(O[C@H]3CCCN(C(=O)OC(C)(C)C)C3)c2)s1. The molecule has 1 atom stereocenters. The first-order chi connectivity index (χ1) is 13.2. The van der Waals surface area contributed by atoms with Gasteiger partial charge in [0, 0.05) is 23.2 Å². The minimum absolute atomic E-state index is 0.138. The Bertz CT molecular complexity index is 895. The largest absolute Gasteiger partial charge is 0.489 e. The fraction of sp³-hybridized carbons (Fsp3) is 0.476. The number of benzene rings is 1. The number of hydrogen-bond acceptors (Lipinski definition) is 6. The maximum atomic E-state index is 12.4. The summed E-state index contributed by atoms with van der Waals surface area (Å²) < 4.78 is 11.6. The molecule has 1 fully saturated rings. The van der Waals surface area contributed by atoms with Gasteiger partial charge in [0.2, 0.25) is 0 Å². The summed E-state index contributed by atoms with van der Waals surface area (Å²) in [5, 5.41) is 10.2. The molecule has 1 aliphatic heterocycles. The lowest BCUT2D eigenvalue weighted by atomic mass is 10.1. The number of likely N-dealkylation sites (tertiary alicyclic amines) is 1. The van der Waals surface area contributed by atoms with Gasteiger partial charge in [-0.2, -0.15) is 5.26 Å². The standard InChI is InChI=1S/C21H25N3O3S/c1-14-12-23-19(28-14)16-8-15(11-22)9-18(10-16)26-17-6-5-7-24(13-17)20(25)27-21(2,3)4/h8-10,12,17H,5-7,13H2,1-4H3/t17-/m0/s1. The van der Waals surface area contributed by atoms with Crippen LogP contribution in [0.4, 0.5) is 4.79 Å². The summed E-state index contributed by atoms with van der Waals surface area (Å²) in [4.78, 5) is 19.6. The zero-order valence-corrected chi connectivity index (χ0v) is 17.5. The predicted molar refractivity (Wildman–Crippen MR) is 108 cm³/mol. The average molecular weight is 400 g/mol. The first-order valence-corrected chi connectivity index (χ1v) is 10.2. The molecule has 1 aliphatic rings. The minimum Gasteiger partial charge on any atom is -0.489 e. The van der Waals surface area contributed by atoms with Crippen LogP contribution in [0.1, 0.15) is 44.1 Å². The molecule has 0 radical (unpaired) electrons. The molecule has 0 aliphatic carbocycles. The maximum Gasteiger partial charge on any atom is 0.410 e. The third-order valence-electron chi connectivity index (χ3n) is 4.24. The summed E-state index contributed by atoms with van der Waals surface area (Å²) in [6.07, 6.45) is 3.06. The molecule has 0 unspecified atom stereocenters. The van der Waals surface area contributed by atoms with Crippen molar-refractivity contribution >= 4 is 17.4 Å². The first-order valence-electron chi connectivity index (χ1n) is 9.36. The van der Waals surface area contributed by atoms with Crippen molar-refractivity contribution in [3.05, 3.63) is 34.8 Å². The Balaban J connectivity index is 1.74. The first kappa shape index (κ1) is 20.2. The number of amides is 1. The van der Waals surface area contributed by atoms with Crippen LogP contribution < -0.4 is 4.74 Å². The third-order valence-corrected chi connectivity index (χ3v) is 5.20. The highest BCUT2D eigenvalue weighted by Crippen LogP contribution is 2.30. The lowest BCUT2D eigenvalue weighted by Crippen LogP contribution is -2.46. The van der Waals surface area contributed by atoms with E-state index in [1.807, 2.05) is 46.0 Å². The predicted octanol–water partition coefficient (Wildman–Crippen LogP) is 4.77. The minimum atomic E-state index is -0.521. The molecular formula is C21H25N3O3S. The molecule has 148 valence electrons. The van der Waals surface area contributed by atoms with E-state index in [0.29, 0.717) is 24.4 Å². The van der Waals surface area contributed by atoms with Gasteiger partial charge in [0.15, 0.2) is 0 Å². The van der Waals surface area contributed by atoms with E-state index in [9.17, 15) is 10.1 Å². The number of carbonyl (C=O) groups is 1. The molecule has 7 heteroatoms. The number of carbonyl (C=O) groups excluding carboxylic acids is 1. The van der Waals surface area contributed by atoms with Crippen molar-refractivity contribution in [3.63, 3.8) is 0 Å². The topological polar surface area (TPSA) is 75.5 Å². The quantitative estimate of drug-likeness (QED) is 0.743. The maximum absolute atomic E-state index is 12.4. The Morgan fingerprint density at radius 2 is 2.14 bits per heavy atom. The summed E-state index contributed by atoms with van der Waals surface area (Å²) in [7, 11) is 0. The molecule has 28 heavy (non-hydrogen) atoms. The zero-order valence-electron chi connectivity index (χ0n) is 16.7. The number of ether oxygens (including phenoxy) is 2. The van der Waals surface area contributed by atoms with Crippen LogP contribution in [0.25, 0.3) is 10.6 Å². The van der Waals surface area contributed by atoms with Gasteiger partial charge in [-0.1, -0.05) is 0 Å². The molecule has 1 aromatic carbocycles. The van der Waals surface area contributed by atoms with Crippen LogP contribution in [0.15, 0.2) is 24.4 Å². The van der Waals surface area contributed by atoms with E-state index in [2.05, 4.69) is 11.1 Å². The van der Waals surface area contributed by atoms with E-state index in [1.165, 1.54) is 0 Å². The smallest absolute Gasteiger partial charge is 0.410 e. The highest BCUT2D eigenvalue weighted by molar-refractivity contribution is 7.14. The second-order valence-electron chi connectivity index (χ2n) is 7.94. The van der Waals surface area contributed by atoms with E-state index in [-0.39, 0.29) is 12.2 Å². The van der Waals surface area contributed by atoms with Crippen molar-refractivity contribution in [1.29, 1.82) is 5.26 Å². The molecule has 3 rings (SSSR count). The summed E-state index contributed by atoms with van der Waals surface area (Å²) in [5.74, 6) is 0.623. The number of thiazole rings is 1. The number of aromatic nitrogens is 1. The van der Waals surface area contributed by atoms with Crippen LogP contribution in [0.3, 0.4) is 0 Å². The summed E-state index contributed by atoms with van der Waals surface area (Å²) >= 11 is 1.58. The van der Waals surface area contributed by atoms with Gasteiger partial charge in [0.25, 0.3) is 0 Å². The molecule has 6 nitrogen and oxygen atoms in total. The van der Waals surface area contributed by atoms with Gasteiger partial charge in [-0.15, -0.1) is 11.3 Å². The molecule has 0 N–H and O–H groups in total. The van der Waals surface area contributed by atoms with Crippen LogP contribution in [-0.4, -0.2) is 40.8 Å². The molecule has 2 heterocycles. The number of nitriles is 1. The third kappa shape index (κ3) is 5.23. The zero-order chi connectivity index (χ0) is 20.3. The van der Waals surface area contributed by atoms with Crippen LogP contribution in [0.2, 0.25) is 0 Å². The van der Waals surface area contributed by atoms with Crippen LogP contribution in [-0.2, 0) is 4.74 Å². The summed E-state index contributed by atoms with van der Waals surface area (Å²) in [6.45, 7) is 8.71. The van der Waals surface area contributed by atoms with Gasteiger partial charge in [-0.3, -0.25) is 0 Å². The van der Waals surface area contributed by atoms with Gasteiger partial charge in [-0.05, 0) is 58.7 Å². The Kier molecular flexibility index (Phi) is 5.90. The molecular weight excluding hydrogens is 374 g/mol. The van der Waals surface area contributed by atoms with Crippen LogP contribution >= 0.6 is 11.3 Å². The van der Waals surface area contributed by atoms with Crippen LogP contribution in [0.5, 0.6) is 5.75 Å². The van der Waals surface area contributed by atoms with Crippen molar-refractivity contribution < 1.29 is 14.3 Å². The Labute approximate surface area is 169 Å². The second-order valence-corrected chi connectivity index (χ2v) is 9.18. The molecule has 2 aromatic rings. The monoisotopic (exact) mass is 399 g/mol. The second kappa shape index (κ2) is 8.19. The van der Waals surface area contributed by atoms with E-state index in [4.69, 9.17) is 9.47 Å². The molecule has 0 saturated carbocycles. The number of aryl methyl sites for hydroxylation is 1. The normalized spacial score (nSPS) is 17.1. The molecule has 1 aromatic heterocycles. The van der Waals surface area contributed by atoms with Crippen LogP contribution in [0, 0.1) is 18.3 Å². The Morgan fingerprint density at radius 1 is 1.36 bits per heavy atom. The lowest BCUT2D eigenvalue weighted by Gasteiger charge is -2.34. The molecule has 1 amide bonds. The van der Waals surface area contributed by atoms with Crippen molar-refractivity contribution in [2.45, 2.75) is 52.2 Å². The van der Waals surface area contributed by atoms with Gasteiger partial charge in [-0.25, -0.2) is 9.78 Å². The Hall–Kier alpha value is -2.59. The summed E-state index contributed by atoms with van der Waals surface area (Å²) in [6, 6.07) is 7.65. The number of hydrogen-bond donors (Lipinski definition) is 0. The number of rotatable bonds is 3. The fourth-order valence-corrected chi connectivity index (χ4v) is 3.81. The number of nitrogens with zero attached hydrogens (tertiary/aromatic N) is 3.